The first-order chi connectivity index (χ1) is 7.69. The van der Waals surface area contributed by atoms with E-state index in [-0.39, 0.29) is 18.2 Å². The minimum atomic E-state index is -0.799. The third kappa shape index (κ3) is 2.71. The molecule has 0 saturated carbocycles. The smallest absolute Gasteiger partial charge is 0.369 e. The van der Waals surface area contributed by atoms with Crippen LogP contribution in [0.15, 0.2) is 11.4 Å². The number of rotatable bonds is 4. The first-order valence-electron chi connectivity index (χ1n) is 4.38. The Labute approximate surface area is 91.1 Å². The molecule has 1 aromatic heterocycles. The van der Waals surface area contributed by atoms with E-state index in [4.69, 9.17) is 11.0 Å². The van der Waals surface area contributed by atoms with Crippen molar-refractivity contribution in [3.63, 3.8) is 0 Å². The van der Waals surface area contributed by atoms with E-state index >= 15 is 0 Å². The van der Waals surface area contributed by atoms with Gasteiger partial charge in [-0.2, -0.15) is 10.4 Å². The maximum absolute atomic E-state index is 11.1. The second kappa shape index (κ2) is 5.35. The van der Waals surface area contributed by atoms with Gasteiger partial charge >= 0.3 is 5.97 Å². The zero-order valence-corrected chi connectivity index (χ0v) is 8.52. The molecule has 0 aliphatic heterocycles. The van der Waals surface area contributed by atoms with Gasteiger partial charge in [0.25, 0.3) is 0 Å². The van der Waals surface area contributed by atoms with Crippen molar-refractivity contribution in [2.75, 3.05) is 17.8 Å². The van der Waals surface area contributed by atoms with Crippen LogP contribution in [-0.4, -0.2) is 28.3 Å². The summed E-state index contributed by atoms with van der Waals surface area (Å²) in [4.78, 5) is 17.5. The Kier molecular flexibility index (Phi) is 3.85. The number of hydrogen-bond acceptors (Lipinski definition) is 7. The highest BCUT2D eigenvalue weighted by Gasteiger charge is 2.12. The molecule has 4 N–H and O–H groups in total. The molecule has 0 atom stereocenters. The van der Waals surface area contributed by atoms with Crippen LogP contribution >= 0.6 is 0 Å². The van der Waals surface area contributed by atoms with Crippen LogP contribution in [0.1, 0.15) is 6.92 Å². The van der Waals surface area contributed by atoms with Crippen molar-refractivity contribution < 1.29 is 9.53 Å². The summed E-state index contributed by atoms with van der Waals surface area (Å²) in [7, 11) is 0. The third-order valence-electron chi connectivity index (χ3n) is 1.52. The van der Waals surface area contributed by atoms with E-state index in [9.17, 15) is 4.79 Å². The molecule has 0 amide bonds. The Balaban J connectivity index is 2.72. The number of ether oxygens (including phenoxy) is 1. The summed E-state index contributed by atoms with van der Waals surface area (Å²) in [6.07, 6.45) is 1.35. The highest BCUT2D eigenvalue weighted by Crippen LogP contribution is 2.10. The normalized spacial score (nSPS) is 10.6. The van der Waals surface area contributed by atoms with Crippen LogP contribution in [0.2, 0.25) is 0 Å². The van der Waals surface area contributed by atoms with Gasteiger partial charge in [-0.05, 0) is 6.92 Å². The molecule has 1 heterocycles. The molecule has 0 aliphatic carbocycles. The van der Waals surface area contributed by atoms with Gasteiger partial charge in [0.2, 0.25) is 5.71 Å². The number of nitriles is 1. The van der Waals surface area contributed by atoms with E-state index in [1.807, 2.05) is 0 Å². The lowest BCUT2D eigenvalue weighted by Crippen LogP contribution is -2.17. The minimum absolute atomic E-state index is 0.171. The number of esters is 1. The number of nitrogen functional groups attached to an aromatic ring is 1. The van der Waals surface area contributed by atoms with E-state index in [0.717, 1.165) is 0 Å². The van der Waals surface area contributed by atoms with Crippen LogP contribution in [0.3, 0.4) is 0 Å². The van der Waals surface area contributed by atoms with Crippen molar-refractivity contribution in [3.05, 3.63) is 6.33 Å². The Bertz CT molecular complexity index is 444. The number of nitrogens with two attached hydrogens (primary N) is 1. The van der Waals surface area contributed by atoms with Crippen LogP contribution in [0.25, 0.3) is 0 Å². The van der Waals surface area contributed by atoms with Crippen molar-refractivity contribution in [2.24, 2.45) is 5.10 Å². The molecule has 0 saturated heterocycles. The monoisotopic (exact) mass is 222 g/mol. The van der Waals surface area contributed by atoms with Gasteiger partial charge in [0, 0.05) is 0 Å². The number of hydrazone groups is 1. The topological polar surface area (TPSA) is 129 Å². The lowest BCUT2D eigenvalue weighted by atomic mass is 10.4. The van der Waals surface area contributed by atoms with Crippen molar-refractivity contribution in [1.29, 1.82) is 5.26 Å². The molecule has 0 unspecified atom stereocenters. The van der Waals surface area contributed by atoms with Gasteiger partial charge in [0.15, 0.2) is 5.82 Å². The predicted molar refractivity (Wildman–Crippen MR) is 56.3 cm³/mol. The fraction of sp³-hybridized carbons (Fsp3) is 0.250. The molecule has 0 radical (unpaired) electrons. The number of aromatic amines is 1. The van der Waals surface area contributed by atoms with E-state index in [0.29, 0.717) is 0 Å². The van der Waals surface area contributed by atoms with Gasteiger partial charge in [-0.15, -0.1) is 0 Å². The standard InChI is InChI=1S/C8H10N6O2/c1-2-16-8(15)5(3-9)13-14-7-6(10)11-4-12-7/h4,14H,2,10H2,1H3,(H,11,12). The molecule has 1 aromatic rings. The lowest BCUT2D eigenvalue weighted by molar-refractivity contribution is -0.134. The molecule has 1 rings (SSSR count). The number of nitrogens with zero attached hydrogens (tertiary/aromatic N) is 3. The third-order valence-corrected chi connectivity index (χ3v) is 1.52. The second-order valence-electron chi connectivity index (χ2n) is 2.57. The van der Waals surface area contributed by atoms with Crippen LogP contribution in [0.5, 0.6) is 0 Å². The highest BCUT2D eigenvalue weighted by atomic mass is 16.5. The zero-order chi connectivity index (χ0) is 12.0. The number of carbonyl (C=O) groups excluding carboxylic acids is 1. The molecule has 8 nitrogen and oxygen atoms in total. The first kappa shape index (κ1) is 11.5. The number of imidazole rings is 1. The number of H-pyrrole nitrogens is 1. The van der Waals surface area contributed by atoms with Gasteiger partial charge in [-0.3, -0.25) is 5.43 Å². The average Bonchev–Trinajstić information content (AvgIpc) is 2.66. The van der Waals surface area contributed by atoms with Crippen LogP contribution in [-0.2, 0) is 9.53 Å². The lowest BCUT2D eigenvalue weighted by Gasteiger charge is -1.99. The Morgan fingerprint density at radius 2 is 2.62 bits per heavy atom. The summed E-state index contributed by atoms with van der Waals surface area (Å²) >= 11 is 0. The molecular weight excluding hydrogens is 212 g/mol. The van der Waals surface area contributed by atoms with Gasteiger partial charge in [-0.25, -0.2) is 9.78 Å². The highest BCUT2D eigenvalue weighted by molar-refractivity contribution is 6.43. The summed E-state index contributed by atoms with van der Waals surface area (Å²) in [5.41, 5.74) is 7.44. The summed E-state index contributed by atoms with van der Waals surface area (Å²) in [5.74, 6) is -0.312. The number of aromatic nitrogens is 2. The number of hydrogen-bond donors (Lipinski definition) is 3. The zero-order valence-electron chi connectivity index (χ0n) is 8.52. The van der Waals surface area contributed by atoms with E-state index in [1.165, 1.54) is 6.33 Å². The minimum Gasteiger partial charge on any atom is -0.461 e. The maximum atomic E-state index is 11.1. The molecular formula is C8H10N6O2. The van der Waals surface area contributed by atoms with Gasteiger partial charge < -0.3 is 15.5 Å². The SMILES string of the molecule is CCOC(=O)C(C#N)=NNc1nc[nH]c1N. The van der Waals surface area contributed by atoms with Crippen LogP contribution in [0.4, 0.5) is 11.6 Å². The summed E-state index contributed by atoms with van der Waals surface area (Å²) in [6.45, 7) is 1.80. The maximum Gasteiger partial charge on any atom is 0.369 e. The Hall–Kier alpha value is -2.56. The van der Waals surface area contributed by atoms with Crippen LogP contribution in [0, 0.1) is 11.3 Å². The molecule has 0 bridgehead atoms. The molecule has 16 heavy (non-hydrogen) atoms. The van der Waals surface area contributed by atoms with Crippen molar-refractivity contribution >= 4 is 23.3 Å². The molecule has 0 spiro atoms. The summed E-state index contributed by atoms with van der Waals surface area (Å²) < 4.78 is 4.60. The quantitative estimate of drug-likeness (QED) is 0.369. The molecule has 84 valence electrons. The average molecular weight is 222 g/mol. The van der Waals surface area contributed by atoms with E-state index in [2.05, 4.69) is 25.2 Å². The van der Waals surface area contributed by atoms with Crippen molar-refractivity contribution in [3.8, 4) is 6.07 Å². The van der Waals surface area contributed by atoms with Gasteiger partial charge in [-0.1, -0.05) is 0 Å². The van der Waals surface area contributed by atoms with Crippen molar-refractivity contribution in [2.45, 2.75) is 6.92 Å². The molecule has 0 aromatic carbocycles. The summed E-state index contributed by atoms with van der Waals surface area (Å²) in [5, 5.41) is 12.2. The van der Waals surface area contributed by atoms with E-state index < -0.39 is 11.7 Å². The largest absolute Gasteiger partial charge is 0.461 e. The molecule has 8 heteroatoms. The number of nitrogens with one attached hydrogen (secondary N) is 2. The van der Waals surface area contributed by atoms with Gasteiger partial charge in [0.05, 0.1) is 12.9 Å². The van der Waals surface area contributed by atoms with Gasteiger partial charge in [0.1, 0.15) is 11.9 Å². The fourth-order valence-electron chi connectivity index (χ4n) is 0.818. The second-order valence-corrected chi connectivity index (χ2v) is 2.57. The van der Waals surface area contributed by atoms with E-state index in [1.54, 1.807) is 13.0 Å². The number of anilines is 2. The molecule has 0 aliphatic rings. The Morgan fingerprint density at radius 3 is 3.12 bits per heavy atom. The van der Waals surface area contributed by atoms with Crippen LogP contribution < -0.4 is 11.2 Å². The fourth-order valence-corrected chi connectivity index (χ4v) is 0.818. The first-order valence-corrected chi connectivity index (χ1v) is 4.38. The predicted octanol–water partition coefficient (Wildman–Crippen LogP) is -0.154. The number of carbonyl (C=O) groups is 1. The molecule has 0 fully saturated rings. The van der Waals surface area contributed by atoms with Crippen molar-refractivity contribution in [1.82, 2.24) is 9.97 Å². The Morgan fingerprint density at radius 1 is 1.88 bits per heavy atom. The summed E-state index contributed by atoms with van der Waals surface area (Å²) in [6, 6.07) is 1.60.